The fraction of sp³-hybridized carbons (Fsp3) is 0.286. The average molecular weight is 308 g/mol. The Kier molecular flexibility index (Phi) is 3.67. The number of rotatable bonds is 4. The van der Waals surface area contributed by atoms with Crippen LogP contribution < -0.4 is 5.56 Å². The molecular weight excluding hydrogens is 295 g/mol. The second-order valence-corrected chi connectivity index (χ2v) is 6.37. The highest BCUT2D eigenvalue weighted by Crippen LogP contribution is 2.38. The van der Waals surface area contributed by atoms with Gasteiger partial charge in [0.15, 0.2) is 0 Å². The molecule has 0 atom stereocenters. The van der Waals surface area contributed by atoms with Gasteiger partial charge in [0.25, 0.3) is 5.56 Å². The van der Waals surface area contributed by atoms with Crippen molar-refractivity contribution in [1.29, 1.82) is 0 Å². The number of hydrogen-bond donors (Lipinski definition) is 0. The summed E-state index contributed by atoms with van der Waals surface area (Å²) in [5, 5.41) is 2.62. The van der Waals surface area contributed by atoms with Gasteiger partial charge in [0.1, 0.15) is 11.5 Å². The van der Waals surface area contributed by atoms with Crippen molar-refractivity contribution in [2.45, 2.75) is 19.9 Å². The molecule has 3 nitrogen and oxygen atoms in total. The molecule has 3 aromatic heterocycles. The van der Waals surface area contributed by atoms with Gasteiger partial charge in [0.2, 0.25) is 0 Å². The van der Waals surface area contributed by atoms with Crippen LogP contribution >= 0.6 is 22.7 Å². The third-order valence-electron chi connectivity index (χ3n) is 3.17. The summed E-state index contributed by atoms with van der Waals surface area (Å²) >= 11 is 3.16. The SMILES string of the molecule is CCc1sc2ncn(CCF)c(=O)c2c1-c1cccs1. The highest BCUT2D eigenvalue weighted by molar-refractivity contribution is 7.20. The maximum atomic E-state index is 12.5. The first-order chi connectivity index (χ1) is 9.76. The lowest BCUT2D eigenvalue weighted by molar-refractivity contribution is 0.439. The number of aromatic nitrogens is 2. The number of halogens is 1. The summed E-state index contributed by atoms with van der Waals surface area (Å²) in [6, 6.07) is 3.98. The van der Waals surface area contributed by atoms with E-state index in [4.69, 9.17) is 0 Å². The molecular formula is C14H13FN2OS2. The van der Waals surface area contributed by atoms with E-state index in [2.05, 4.69) is 11.9 Å². The molecule has 0 unspecified atom stereocenters. The third-order valence-corrected chi connectivity index (χ3v) is 5.30. The molecule has 0 aliphatic carbocycles. The Morgan fingerprint density at radius 2 is 2.30 bits per heavy atom. The zero-order valence-corrected chi connectivity index (χ0v) is 12.6. The maximum Gasteiger partial charge on any atom is 0.262 e. The van der Waals surface area contributed by atoms with Crippen LogP contribution in [0.3, 0.4) is 0 Å². The highest BCUT2D eigenvalue weighted by atomic mass is 32.1. The molecule has 20 heavy (non-hydrogen) atoms. The summed E-state index contributed by atoms with van der Waals surface area (Å²) < 4.78 is 13.9. The predicted octanol–water partition coefficient (Wildman–Crippen LogP) is 3.72. The minimum absolute atomic E-state index is 0.0585. The molecule has 0 saturated heterocycles. The fourth-order valence-corrected chi connectivity index (χ4v) is 4.20. The summed E-state index contributed by atoms with van der Waals surface area (Å²) in [6.07, 6.45) is 2.30. The molecule has 0 saturated carbocycles. The van der Waals surface area contributed by atoms with Crippen LogP contribution in [0, 0.1) is 0 Å². The molecule has 0 spiro atoms. The first-order valence-electron chi connectivity index (χ1n) is 6.37. The zero-order valence-electron chi connectivity index (χ0n) is 10.9. The van der Waals surface area contributed by atoms with Crippen molar-refractivity contribution in [3.05, 3.63) is 39.1 Å². The lowest BCUT2D eigenvalue weighted by atomic mass is 10.1. The Bertz CT molecular complexity index is 789. The van der Waals surface area contributed by atoms with Crippen LogP contribution in [0.5, 0.6) is 0 Å². The molecule has 104 valence electrons. The van der Waals surface area contributed by atoms with Gasteiger partial charge in [-0.3, -0.25) is 9.36 Å². The van der Waals surface area contributed by atoms with Gasteiger partial charge in [-0.25, -0.2) is 9.37 Å². The van der Waals surface area contributed by atoms with E-state index in [0.29, 0.717) is 5.39 Å². The van der Waals surface area contributed by atoms with Crippen molar-refractivity contribution >= 4 is 32.9 Å². The predicted molar refractivity (Wildman–Crippen MR) is 82.5 cm³/mol. The molecule has 0 fully saturated rings. The Morgan fingerprint density at radius 1 is 1.45 bits per heavy atom. The largest absolute Gasteiger partial charge is 0.296 e. The minimum atomic E-state index is -0.563. The van der Waals surface area contributed by atoms with E-state index in [1.54, 1.807) is 22.7 Å². The molecule has 0 aliphatic rings. The van der Waals surface area contributed by atoms with Crippen molar-refractivity contribution in [3.63, 3.8) is 0 Å². The number of aryl methyl sites for hydroxylation is 2. The van der Waals surface area contributed by atoms with E-state index in [1.165, 1.54) is 10.9 Å². The summed E-state index contributed by atoms with van der Waals surface area (Å²) in [5.74, 6) is 0. The smallest absolute Gasteiger partial charge is 0.262 e. The average Bonchev–Trinajstić information content (AvgIpc) is 3.08. The topological polar surface area (TPSA) is 34.9 Å². The van der Waals surface area contributed by atoms with Crippen LogP contribution in [-0.2, 0) is 13.0 Å². The van der Waals surface area contributed by atoms with E-state index in [0.717, 1.165) is 26.6 Å². The summed E-state index contributed by atoms with van der Waals surface area (Å²) in [4.78, 5) is 19.8. The second-order valence-electron chi connectivity index (χ2n) is 4.34. The highest BCUT2D eigenvalue weighted by Gasteiger charge is 2.18. The molecule has 0 aliphatic heterocycles. The summed E-state index contributed by atoms with van der Waals surface area (Å²) in [5.41, 5.74) is 0.834. The molecule has 3 aromatic rings. The first kappa shape index (κ1) is 13.5. The van der Waals surface area contributed by atoms with Crippen molar-refractivity contribution in [2.75, 3.05) is 6.67 Å². The van der Waals surface area contributed by atoms with Gasteiger partial charge in [0.05, 0.1) is 18.3 Å². The lowest BCUT2D eigenvalue weighted by Gasteiger charge is -2.03. The normalized spacial score (nSPS) is 11.3. The molecule has 0 bridgehead atoms. The Morgan fingerprint density at radius 3 is 2.95 bits per heavy atom. The summed E-state index contributed by atoms with van der Waals surface area (Å²) in [6.45, 7) is 1.57. The molecule has 0 N–H and O–H groups in total. The number of fused-ring (bicyclic) bond motifs is 1. The van der Waals surface area contributed by atoms with Crippen molar-refractivity contribution < 1.29 is 4.39 Å². The Labute approximate surface area is 123 Å². The van der Waals surface area contributed by atoms with E-state index in [1.807, 2.05) is 17.5 Å². The van der Waals surface area contributed by atoms with Crippen LogP contribution in [-0.4, -0.2) is 16.2 Å². The summed E-state index contributed by atoms with van der Waals surface area (Å²) in [7, 11) is 0. The van der Waals surface area contributed by atoms with Gasteiger partial charge >= 0.3 is 0 Å². The van der Waals surface area contributed by atoms with Crippen LogP contribution in [0.4, 0.5) is 4.39 Å². The van der Waals surface area contributed by atoms with E-state index >= 15 is 0 Å². The molecule has 0 radical (unpaired) electrons. The molecule has 3 rings (SSSR count). The standard InChI is InChI=1S/C14H13FN2OS2/c1-2-9-11(10-4-3-7-19-10)12-13(20-9)16-8-17(6-5-15)14(12)18/h3-4,7-8H,2,5-6H2,1H3. The van der Waals surface area contributed by atoms with Gasteiger partial charge in [-0.2, -0.15) is 0 Å². The molecule has 6 heteroatoms. The number of nitrogens with zero attached hydrogens (tertiary/aromatic N) is 2. The van der Waals surface area contributed by atoms with Gasteiger partial charge in [-0.1, -0.05) is 13.0 Å². The third kappa shape index (κ3) is 2.09. The van der Waals surface area contributed by atoms with Crippen molar-refractivity contribution in [2.24, 2.45) is 0 Å². The van der Waals surface area contributed by atoms with E-state index < -0.39 is 6.67 Å². The maximum absolute atomic E-state index is 12.5. The number of thiophene rings is 2. The second kappa shape index (κ2) is 5.46. The molecule has 3 heterocycles. The number of alkyl halides is 1. The van der Waals surface area contributed by atoms with E-state index in [9.17, 15) is 9.18 Å². The Balaban J connectivity index is 2.36. The number of hydrogen-bond acceptors (Lipinski definition) is 4. The lowest BCUT2D eigenvalue weighted by Crippen LogP contribution is -2.21. The van der Waals surface area contributed by atoms with E-state index in [-0.39, 0.29) is 12.1 Å². The van der Waals surface area contributed by atoms with Crippen molar-refractivity contribution in [1.82, 2.24) is 9.55 Å². The van der Waals surface area contributed by atoms with Gasteiger partial charge in [-0.15, -0.1) is 22.7 Å². The monoisotopic (exact) mass is 308 g/mol. The minimum Gasteiger partial charge on any atom is -0.296 e. The first-order valence-corrected chi connectivity index (χ1v) is 8.06. The van der Waals surface area contributed by atoms with Crippen molar-refractivity contribution in [3.8, 4) is 10.4 Å². The molecule has 0 aromatic carbocycles. The van der Waals surface area contributed by atoms with Gasteiger partial charge < -0.3 is 0 Å². The Hall–Kier alpha value is -1.53. The van der Waals surface area contributed by atoms with Gasteiger partial charge in [-0.05, 0) is 17.9 Å². The molecule has 0 amide bonds. The quantitative estimate of drug-likeness (QED) is 0.736. The zero-order chi connectivity index (χ0) is 14.1. The van der Waals surface area contributed by atoms with Crippen LogP contribution in [0.2, 0.25) is 0 Å². The van der Waals surface area contributed by atoms with Crippen LogP contribution in [0.15, 0.2) is 28.6 Å². The van der Waals surface area contributed by atoms with Gasteiger partial charge in [0, 0.05) is 15.3 Å². The van der Waals surface area contributed by atoms with Crippen LogP contribution in [0.25, 0.3) is 20.7 Å². The fourth-order valence-electron chi connectivity index (χ4n) is 2.25. The van der Waals surface area contributed by atoms with Crippen LogP contribution in [0.1, 0.15) is 11.8 Å².